The SMILES string of the molecule is COC(=O)c1ccc(OC)c(Oc2ccc3nc(NC(=O)C4CC4)sc3n2)c1. The van der Waals surface area contributed by atoms with Gasteiger partial charge in [-0.05, 0) is 37.1 Å². The van der Waals surface area contributed by atoms with E-state index in [4.69, 9.17) is 14.2 Å². The van der Waals surface area contributed by atoms with E-state index >= 15 is 0 Å². The van der Waals surface area contributed by atoms with Gasteiger partial charge < -0.3 is 19.5 Å². The van der Waals surface area contributed by atoms with Crippen molar-refractivity contribution in [2.24, 2.45) is 5.92 Å². The minimum absolute atomic E-state index is 0.000101. The largest absolute Gasteiger partial charge is 0.493 e. The molecule has 28 heavy (non-hydrogen) atoms. The Bertz CT molecular complexity index is 1060. The van der Waals surface area contributed by atoms with Crippen molar-refractivity contribution in [2.75, 3.05) is 19.5 Å². The van der Waals surface area contributed by atoms with Crippen molar-refractivity contribution in [3.63, 3.8) is 0 Å². The van der Waals surface area contributed by atoms with E-state index in [2.05, 4.69) is 15.3 Å². The Balaban J connectivity index is 1.59. The molecule has 0 radical (unpaired) electrons. The molecule has 1 saturated carbocycles. The minimum Gasteiger partial charge on any atom is -0.493 e. The summed E-state index contributed by atoms with van der Waals surface area (Å²) in [6.45, 7) is 0. The number of thiazole rings is 1. The van der Waals surface area contributed by atoms with Gasteiger partial charge in [-0.15, -0.1) is 0 Å². The van der Waals surface area contributed by atoms with E-state index in [0.717, 1.165) is 12.8 Å². The zero-order valence-corrected chi connectivity index (χ0v) is 16.0. The molecule has 0 atom stereocenters. The van der Waals surface area contributed by atoms with Gasteiger partial charge in [-0.2, -0.15) is 0 Å². The molecule has 1 aliphatic carbocycles. The van der Waals surface area contributed by atoms with Crippen LogP contribution < -0.4 is 14.8 Å². The predicted octanol–water partition coefficient (Wildman–Crippen LogP) is 3.63. The molecule has 8 nitrogen and oxygen atoms in total. The number of hydrogen-bond donors (Lipinski definition) is 1. The molecule has 0 saturated heterocycles. The Hall–Kier alpha value is -3.20. The lowest BCUT2D eigenvalue weighted by atomic mass is 10.2. The number of carbonyl (C=O) groups excluding carboxylic acids is 2. The summed E-state index contributed by atoms with van der Waals surface area (Å²) in [6.07, 6.45) is 1.86. The highest BCUT2D eigenvalue weighted by molar-refractivity contribution is 7.21. The van der Waals surface area contributed by atoms with Gasteiger partial charge >= 0.3 is 5.97 Å². The van der Waals surface area contributed by atoms with E-state index in [0.29, 0.717) is 38.4 Å². The molecular formula is C19H17N3O5S. The van der Waals surface area contributed by atoms with Gasteiger partial charge in [0.25, 0.3) is 0 Å². The van der Waals surface area contributed by atoms with E-state index in [9.17, 15) is 9.59 Å². The second-order valence-corrected chi connectivity index (χ2v) is 7.19. The highest BCUT2D eigenvalue weighted by atomic mass is 32.1. The number of hydrogen-bond acceptors (Lipinski definition) is 8. The summed E-state index contributed by atoms with van der Waals surface area (Å²) >= 11 is 1.28. The molecule has 3 aromatic rings. The van der Waals surface area contributed by atoms with Crippen LogP contribution in [0.15, 0.2) is 30.3 Å². The average molecular weight is 399 g/mol. The molecule has 1 aromatic carbocycles. The number of methoxy groups -OCH3 is 2. The first-order chi connectivity index (χ1) is 13.6. The predicted molar refractivity (Wildman–Crippen MR) is 103 cm³/mol. The molecule has 1 fully saturated rings. The summed E-state index contributed by atoms with van der Waals surface area (Å²) < 4.78 is 15.9. The molecule has 1 aliphatic rings. The van der Waals surface area contributed by atoms with Gasteiger partial charge in [-0.1, -0.05) is 11.3 Å². The third kappa shape index (κ3) is 3.74. The Kier molecular flexibility index (Phi) is 4.82. The van der Waals surface area contributed by atoms with Crippen molar-refractivity contribution < 1.29 is 23.8 Å². The van der Waals surface area contributed by atoms with Crippen LogP contribution in [0.2, 0.25) is 0 Å². The van der Waals surface area contributed by atoms with Crippen LogP contribution in [0.4, 0.5) is 5.13 Å². The van der Waals surface area contributed by atoms with Crippen molar-refractivity contribution in [1.29, 1.82) is 0 Å². The Morgan fingerprint density at radius 2 is 1.93 bits per heavy atom. The summed E-state index contributed by atoms with van der Waals surface area (Å²) in [5.74, 6) is 0.736. The van der Waals surface area contributed by atoms with Crippen LogP contribution in [0.25, 0.3) is 10.3 Å². The fourth-order valence-electron chi connectivity index (χ4n) is 2.58. The minimum atomic E-state index is -0.477. The number of nitrogens with one attached hydrogen (secondary N) is 1. The van der Waals surface area contributed by atoms with Crippen molar-refractivity contribution in [1.82, 2.24) is 9.97 Å². The fraction of sp³-hybridized carbons (Fsp3) is 0.263. The van der Waals surface area contributed by atoms with Gasteiger partial charge in [-0.3, -0.25) is 4.79 Å². The van der Waals surface area contributed by atoms with Crippen molar-refractivity contribution in [3.8, 4) is 17.4 Å². The van der Waals surface area contributed by atoms with E-state index in [-0.39, 0.29) is 11.8 Å². The summed E-state index contributed by atoms with van der Waals surface area (Å²) in [6, 6.07) is 8.17. The summed E-state index contributed by atoms with van der Waals surface area (Å²) in [5, 5.41) is 3.34. The lowest BCUT2D eigenvalue weighted by Crippen LogP contribution is -2.12. The van der Waals surface area contributed by atoms with Crippen molar-refractivity contribution >= 4 is 38.7 Å². The molecular weight excluding hydrogens is 382 g/mol. The quantitative estimate of drug-likeness (QED) is 0.632. The van der Waals surface area contributed by atoms with E-state index in [1.54, 1.807) is 24.3 Å². The molecule has 9 heteroatoms. The maximum absolute atomic E-state index is 11.9. The van der Waals surface area contributed by atoms with Gasteiger partial charge in [0.15, 0.2) is 16.6 Å². The molecule has 0 bridgehead atoms. The maximum Gasteiger partial charge on any atom is 0.337 e. The number of anilines is 1. The first-order valence-electron chi connectivity index (χ1n) is 8.60. The number of benzene rings is 1. The van der Waals surface area contributed by atoms with Crippen LogP contribution in [0, 0.1) is 5.92 Å². The molecule has 2 heterocycles. The number of pyridine rings is 1. The lowest BCUT2D eigenvalue weighted by molar-refractivity contribution is -0.117. The number of fused-ring (bicyclic) bond motifs is 1. The number of rotatable bonds is 6. The van der Waals surface area contributed by atoms with E-state index in [1.807, 2.05) is 0 Å². The van der Waals surface area contributed by atoms with Gasteiger partial charge in [0.1, 0.15) is 10.3 Å². The smallest absolute Gasteiger partial charge is 0.337 e. The third-order valence-corrected chi connectivity index (χ3v) is 5.09. The number of ether oxygens (including phenoxy) is 3. The summed E-state index contributed by atoms with van der Waals surface area (Å²) in [4.78, 5) is 33.1. The second kappa shape index (κ2) is 7.43. The third-order valence-electron chi connectivity index (χ3n) is 4.21. The van der Waals surface area contributed by atoms with Gasteiger partial charge in [0.05, 0.1) is 19.8 Å². The molecule has 0 spiro atoms. The van der Waals surface area contributed by atoms with Crippen LogP contribution in [0.5, 0.6) is 17.4 Å². The van der Waals surface area contributed by atoms with E-state index in [1.165, 1.54) is 31.6 Å². The number of amides is 1. The van der Waals surface area contributed by atoms with Crippen molar-refractivity contribution in [2.45, 2.75) is 12.8 Å². The average Bonchev–Trinajstić information content (AvgIpc) is 3.48. The molecule has 1 N–H and O–H groups in total. The zero-order valence-electron chi connectivity index (χ0n) is 15.2. The van der Waals surface area contributed by atoms with Gasteiger partial charge in [-0.25, -0.2) is 14.8 Å². The Morgan fingerprint density at radius 3 is 2.64 bits per heavy atom. The second-order valence-electron chi connectivity index (χ2n) is 6.22. The van der Waals surface area contributed by atoms with Crippen LogP contribution in [-0.2, 0) is 9.53 Å². The normalized spacial score (nSPS) is 13.2. The first-order valence-corrected chi connectivity index (χ1v) is 9.41. The summed E-state index contributed by atoms with van der Waals surface area (Å²) in [5.41, 5.74) is 1.00. The number of aromatic nitrogens is 2. The Morgan fingerprint density at radius 1 is 1.11 bits per heavy atom. The highest BCUT2D eigenvalue weighted by Gasteiger charge is 2.30. The molecule has 144 valence electrons. The molecule has 0 unspecified atom stereocenters. The molecule has 4 rings (SSSR count). The maximum atomic E-state index is 11.9. The standard InChI is InChI=1S/C19H17N3O5S/c1-25-13-7-5-11(18(24)26-2)9-14(13)27-15-8-6-12-17(21-15)28-19(20-12)22-16(23)10-3-4-10/h5-10H,3-4H2,1-2H3,(H,20,22,23). The zero-order chi connectivity index (χ0) is 19.7. The highest BCUT2D eigenvalue weighted by Crippen LogP contribution is 2.35. The lowest BCUT2D eigenvalue weighted by Gasteiger charge is -2.10. The topological polar surface area (TPSA) is 99.6 Å². The molecule has 2 aromatic heterocycles. The van der Waals surface area contributed by atoms with Gasteiger partial charge in [0.2, 0.25) is 11.8 Å². The molecule has 0 aliphatic heterocycles. The number of nitrogens with zero attached hydrogens (tertiary/aromatic N) is 2. The van der Waals surface area contributed by atoms with Crippen LogP contribution in [-0.4, -0.2) is 36.1 Å². The Labute approximate surface area is 164 Å². The van der Waals surface area contributed by atoms with E-state index < -0.39 is 5.97 Å². The van der Waals surface area contributed by atoms with Gasteiger partial charge in [0, 0.05) is 12.0 Å². The summed E-state index contributed by atoms with van der Waals surface area (Å²) in [7, 11) is 2.82. The van der Waals surface area contributed by atoms with Crippen LogP contribution in [0.3, 0.4) is 0 Å². The number of esters is 1. The van der Waals surface area contributed by atoms with Crippen LogP contribution in [0.1, 0.15) is 23.2 Å². The fourth-order valence-corrected chi connectivity index (χ4v) is 3.41. The first kappa shape index (κ1) is 18.2. The van der Waals surface area contributed by atoms with Crippen molar-refractivity contribution in [3.05, 3.63) is 35.9 Å². The van der Waals surface area contributed by atoms with Crippen LogP contribution >= 0.6 is 11.3 Å². The number of carbonyl (C=O) groups is 2. The molecule has 1 amide bonds. The monoisotopic (exact) mass is 399 g/mol.